The average molecular weight is 368 g/mol. The van der Waals surface area contributed by atoms with E-state index in [0.29, 0.717) is 6.61 Å². The first-order valence-corrected chi connectivity index (χ1v) is 10.2. The molecule has 148 valence electrons. The lowest BCUT2D eigenvalue weighted by atomic mass is 9.94. The van der Waals surface area contributed by atoms with E-state index >= 15 is 0 Å². The van der Waals surface area contributed by atoms with Crippen molar-refractivity contribution in [1.29, 1.82) is 0 Å². The Morgan fingerprint density at radius 3 is 2.23 bits per heavy atom. The molecule has 2 saturated carbocycles. The van der Waals surface area contributed by atoms with Crippen molar-refractivity contribution in [2.45, 2.75) is 100 Å². The van der Waals surface area contributed by atoms with Crippen LogP contribution in [0.15, 0.2) is 12.3 Å². The van der Waals surface area contributed by atoms with Gasteiger partial charge in [-0.3, -0.25) is 0 Å². The zero-order valence-electron chi connectivity index (χ0n) is 15.7. The SMILES string of the molecule is COC=C[C@@H]1OC2(CCCCC2)O[C@@H]1[C@@H](O)[C@H]1COC2(CCCCC2)O1. The lowest BCUT2D eigenvalue weighted by Gasteiger charge is -2.34. The summed E-state index contributed by atoms with van der Waals surface area (Å²) in [5.74, 6) is -1.07. The number of aliphatic hydroxyl groups excluding tert-OH is 1. The van der Waals surface area contributed by atoms with Crippen LogP contribution in [0.25, 0.3) is 0 Å². The van der Waals surface area contributed by atoms with Gasteiger partial charge < -0.3 is 28.8 Å². The van der Waals surface area contributed by atoms with Crippen molar-refractivity contribution in [3.63, 3.8) is 0 Å². The van der Waals surface area contributed by atoms with Crippen LogP contribution in [0.4, 0.5) is 0 Å². The van der Waals surface area contributed by atoms with Crippen LogP contribution in [0.5, 0.6) is 0 Å². The van der Waals surface area contributed by atoms with Gasteiger partial charge in [-0.1, -0.05) is 12.8 Å². The molecule has 0 radical (unpaired) electrons. The summed E-state index contributed by atoms with van der Waals surface area (Å²) in [5, 5.41) is 11.1. The van der Waals surface area contributed by atoms with E-state index in [9.17, 15) is 5.11 Å². The Labute approximate surface area is 155 Å². The first-order chi connectivity index (χ1) is 12.7. The highest BCUT2D eigenvalue weighted by atomic mass is 16.8. The highest BCUT2D eigenvalue weighted by molar-refractivity contribution is 5.03. The number of hydrogen-bond donors (Lipinski definition) is 1. The van der Waals surface area contributed by atoms with Crippen molar-refractivity contribution in [3.8, 4) is 0 Å². The minimum Gasteiger partial charge on any atom is -0.505 e. The molecule has 0 aromatic carbocycles. The molecule has 2 heterocycles. The summed E-state index contributed by atoms with van der Waals surface area (Å²) in [6.45, 7) is 0.411. The summed E-state index contributed by atoms with van der Waals surface area (Å²) in [6.07, 6.45) is 11.9. The normalized spacial score (nSPS) is 37.5. The van der Waals surface area contributed by atoms with Crippen molar-refractivity contribution in [2.75, 3.05) is 13.7 Å². The van der Waals surface area contributed by atoms with Gasteiger partial charge in [0.15, 0.2) is 11.6 Å². The van der Waals surface area contributed by atoms with Crippen LogP contribution in [-0.2, 0) is 23.7 Å². The van der Waals surface area contributed by atoms with Crippen LogP contribution in [-0.4, -0.2) is 54.8 Å². The van der Waals surface area contributed by atoms with Crippen LogP contribution in [0.3, 0.4) is 0 Å². The van der Waals surface area contributed by atoms with Crippen molar-refractivity contribution in [3.05, 3.63) is 12.3 Å². The van der Waals surface area contributed by atoms with Gasteiger partial charge in [-0.25, -0.2) is 0 Å². The molecule has 4 aliphatic rings. The van der Waals surface area contributed by atoms with Crippen LogP contribution in [0.1, 0.15) is 64.2 Å². The quantitative estimate of drug-likeness (QED) is 0.770. The van der Waals surface area contributed by atoms with Crippen LogP contribution >= 0.6 is 0 Å². The second-order valence-electron chi connectivity index (χ2n) is 8.13. The maximum absolute atomic E-state index is 11.1. The summed E-state index contributed by atoms with van der Waals surface area (Å²) >= 11 is 0. The average Bonchev–Trinajstić information content (AvgIpc) is 3.23. The molecule has 2 saturated heterocycles. The Bertz CT molecular complexity index is 495. The second-order valence-corrected chi connectivity index (χ2v) is 8.13. The smallest absolute Gasteiger partial charge is 0.169 e. The maximum Gasteiger partial charge on any atom is 0.169 e. The van der Waals surface area contributed by atoms with Crippen molar-refractivity contribution in [1.82, 2.24) is 0 Å². The van der Waals surface area contributed by atoms with E-state index in [1.54, 1.807) is 13.4 Å². The summed E-state index contributed by atoms with van der Waals surface area (Å²) in [6, 6.07) is 0. The Hall–Kier alpha value is -0.660. The molecule has 2 aliphatic heterocycles. The molecule has 0 amide bonds. The van der Waals surface area contributed by atoms with E-state index in [1.165, 1.54) is 12.8 Å². The zero-order valence-corrected chi connectivity index (χ0v) is 15.7. The fourth-order valence-corrected chi connectivity index (χ4v) is 4.86. The summed E-state index contributed by atoms with van der Waals surface area (Å²) in [7, 11) is 1.61. The van der Waals surface area contributed by atoms with Crippen LogP contribution < -0.4 is 0 Å². The molecular formula is C20H32O6. The van der Waals surface area contributed by atoms with E-state index < -0.39 is 23.8 Å². The second kappa shape index (κ2) is 7.76. The molecule has 0 aromatic rings. The number of rotatable bonds is 4. The van der Waals surface area contributed by atoms with E-state index in [4.69, 9.17) is 23.7 Å². The first kappa shape index (κ1) is 18.7. The third kappa shape index (κ3) is 3.67. The molecular weight excluding hydrogens is 336 g/mol. The minimum atomic E-state index is -0.788. The lowest BCUT2D eigenvalue weighted by Crippen LogP contribution is -2.45. The van der Waals surface area contributed by atoms with Gasteiger partial charge in [-0.2, -0.15) is 0 Å². The fourth-order valence-electron chi connectivity index (χ4n) is 4.86. The molecule has 0 aromatic heterocycles. The van der Waals surface area contributed by atoms with Crippen LogP contribution in [0.2, 0.25) is 0 Å². The topological polar surface area (TPSA) is 66.4 Å². The Kier molecular flexibility index (Phi) is 5.58. The highest BCUT2D eigenvalue weighted by Gasteiger charge is 2.53. The van der Waals surface area contributed by atoms with E-state index in [-0.39, 0.29) is 12.2 Å². The molecule has 0 bridgehead atoms. The standard InChI is InChI=1S/C20H32O6/c1-22-13-8-15-18(26-20(24-15)11-6-3-7-12-20)17(21)16-14-23-19(25-16)9-4-2-5-10-19/h8,13,15-18,21H,2-7,9-12,14H2,1H3/t15-,16+,17-,18-/m0/s1. The highest BCUT2D eigenvalue weighted by Crippen LogP contribution is 2.44. The van der Waals surface area contributed by atoms with E-state index in [2.05, 4.69) is 0 Å². The lowest BCUT2D eigenvalue weighted by molar-refractivity contribution is -0.216. The van der Waals surface area contributed by atoms with Gasteiger partial charge >= 0.3 is 0 Å². The number of aliphatic hydroxyl groups is 1. The van der Waals surface area contributed by atoms with Gasteiger partial charge in [0, 0.05) is 25.7 Å². The van der Waals surface area contributed by atoms with Gasteiger partial charge in [-0.05, 0) is 31.8 Å². The Balaban J connectivity index is 1.46. The molecule has 26 heavy (non-hydrogen) atoms. The number of methoxy groups -OCH3 is 1. The summed E-state index contributed by atoms with van der Waals surface area (Å²) in [4.78, 5) is 0. The van der Waals surface area contributed by atoms with Gasteiger partial charge in [0.05, 0.1) is 20.0 Å². The van der Waals surface area contributed by atoms with Crippen LogP contribution in [0, 0.1) is 0 Å². The summed E-state index contributed by atoms with van der Waals surface area (Å²) < 4.78 is 29.9. The molecule has 1 N–H and O–H groups in total. The Morgan fingerprint density at radius 1 is 0.923 bits per heavy atom. The largest absolute Gasteiger partial charge is 0.505 e. The van der Waals surface area contributed by atoms with E-state index in [0.717, 1.165) is 51.4 Å². The number of hydrogen-bond acceptors (Lipinski definition) is 6. The molecule has 6 nitrogen and oxygen atoms in total. The zero-order chi connectivity index (χ0) is 18.0. The van der Waals surface area contributed by atoms with Gasteiger partial charge in [0.25, 0.3) is 0 Å². The molecule has 4 atom stereocenters. The number of ether oxygens (including phenoxy) is 5. The molecule has 4 fully saturated rings. The fraction of sp³-hybridized carbons (Fsp3) is 0.900. The van der Waals surface area contributed by atoms with Crippen molar-refractivity contribution < 1.29 is 28.8 Å². The third-order valence-electron chi connectivity index (χ3n) is 6.25. The van der Waals surface area contributed by atoms with Gasteiger partial charge in [0.1, 0.15) is 24.4 Å². The minimum absolute atomic E-state index is 0.338. The monoisotopic (exact) mass is 368 g/mol. The Morgan fingerprint density at radius 2 is 1.58 bits per heavy atom. The molecule has 2 spiro atoms. The van der Waals surface area contributed by atoms with Crippen molar-refractivity contribution in [2.24, 2.45) is 0 Å². The molecule has 2 aliphatic carbocycles. The van der Waals surface area contributed by atoms with E-state index in [1.807, 2.05) is 6.08 Å². The first-order valence-electron chi connectivity index (χ1n) is 10.2. The predicted octanol–water partition coefficient (Wildman–Crippen LogP) is 3.03. The van der Waals surface area contributed by atoms with Crippen molar-refractivity contribution >= 4 is 0 Å². The van der Waals surface area contributed by atoms with Gasteiger partial charge in [0.2, 0.25) is 0 Å². The summed E-state index contributed by atoms with van der Waals surface area (Å²) in [5.41, 5.74) is 0. The van der Waals surface area contributed by atoms with Gasteiger partial charge in [-0.15, -0.1) is 0 Å². The third-order valence-corrected chi connectivity index (χ3v) is 6.25. The predicted molar refractivity (Wildman–Crippen MR) is 94.4 cm³/mol. The maximum atomic E-state index is 11.1. The molecule has 0 unspecified atom stereocenters. The molecule has 4 rings (SSSR count). The molecule has 6 heteroatoms.